The highest BCUT2D eigenvalue weighted by Crippen LogP contribution is 2.08. The van der Waals surface area contributed by atoms with E-state index in [1.165, 1.54) is 6.33 Å². The van der Waals surface area contributed by atoms with Crippen LogP contribution in [0.25, 0.3) is 17.1 Å². The van der Waals surface area contributed by atoms with E-state index < -0.39 is 0 Å². The Kier molecular flexibility index (Phi) is 2.36. The molecule has 0 aliphatic heterocycles. The molecule has 0 saturated carbocycles. The number of hydrogen-bond donors (Lipinski definition) is 3. The fourth-order valence-corrected chi connectivity index (χ4v) is 1.28. The van der Waals surface area contributed by atoms with Gasteiger partial charge in [-0.25, -0.2) is 4.98 Å². The molecule has 6 heteroatoms. The third-order valence-corrected chi connectivity index (χ3v) is 1.99. The zero-order chi connectivity index (χ0) is 9.97. The van der Waals surface area contributed by atoms with Gasteiger partial charge in [0.05, 0.1) is 12.0 Å². The van der Waals surface area contributed by atoms with E-state index >= 15 is 0 Å². The van der Waals surface area contributed by atoms with Gasteiger partial charge in [0.25, 0.3) is 5.56 Å². The number of H-pyrrole nitrogens is 2. The largest absolute Gasteiger partial charge is 0.312 e. The Hall–Kier alpha value is -1.56. The van der Waals surface area contributed by atoms with Crippen LogP contribution in [0.5, 0.6) is 0 Å². The summed E-state index contributed by atoms with van der Waals surface area (Å²) in [6.07, 6.45) is 4.92. The molecule has 0 unspecified atom stereocenters. The highest BCUT2D eigenvalue weighted by Gasteiger charge is 2.06. The molecule has 0 aliphatic carbocycles. The molecule has 0 amide bonds. The second kappa shape index (κ2) is 3.67. The van der Waals surface area contributed by atoms with Gasteiger partial charge in [0.15, 0.2) is 5.65 Å². The van der Waals surface area contributed by atoms with E-state index in [1.807, 2.05) is 6.08 Å². The number of thiol groups is 1. The quantitative estimate of drug-likeness (QED) is 0.632. The fraction of sp³-hybridized carbons (Fsp3) is 0.125. The normalized spacial score (nSPS) is 11.5. The SMILES string of the molecule is O=c1[nH]cnc2n[nH]c(C=CCS)c12. The number of aromatic nitrogens is 4. The van der Waals surface area contributed by atoms with E-state index in [2.05, 4.69) is 32.8 Å². The molecule has 2 heterocycles. The minimum absolute atomic E-state index is 0.192. The summed E-state index contributed by atoms with van der Waals surface area (Å²) in [7, 11) is 0. The van der Waals surface area contributed by atoms with Crippen molar-refractivity contribution in [3.63, 3.8) is 0 Å². The Morgan fingerprint density at radius 1 is 1.57 bits per heavy atom. The first-order valence-electron chi connectivity index (χ1n) is 4.02. The first kappa shape index (κ1) is 9.01. The van der Waals surface area contributed by atoms with Gasteiger partial charge in [-0.05, 0) is 6.08 Å². The molecule has 14 heavy (non-hydrogen) atoms. The van der Waals surface area contributed by atoms with Gasteiger partial charge in [0.1, 0.15) is 5.39 Å². The predicted octanol–water partition coefficient (Wildman–Crippen LogP) is 0.589. The van der Waals surface area contributed by atoms with Gasteiger partial charge in [0, 0.05) is 5.75 Å². The monoisotopic (exact) mass is 208 g/mol. The molecule has 0 spiro atoms. The number of nitrogens with one attached hydrogen (secondary N) is 2. The minimum atomic E-state index is -0.192. The zero-order valence-corrected chi connectivity index (χ0v) is 8.08. The van der Waals surface area contributed by atoms with Crippen molar-refractivity contribution in [2.45, 2.75) is 0 Å². The maximum Gasteiger partial charge on any atom is 0.262 e. The Balaban J connectivity index is 2.67. The summed E-state index contributed by atoms with van der Waals surface area (Å²) in [4.78, 5) is 17.8. The Morgan fingerprint density at radius 2 is 2.43 bits per heavy atom. The Morgan fingerprint density at radius 3 is 3.21 bits per heavy atom. The van der Waals surface area contributed by atoms with Crippen LogP contribution in [0, 0.1) is 0 Å². The summed E-state index contributed by atoms with van der Waals surface area (Å²) >= 11 is 4.03. The van der Waals surface area contributed by atoms with E-state index in [1.54, 1.807) is 6.08 Å². The smallest absolute Gasteiger partial charge is 0.262 e. The molecule has 0 saturated heterocycles. The first-order valence-corrected chi connectivity index (χ1v) is 4.65. The van der Waals surface area contributed by atoms with Crippen LogP contribution in [0.2, 0.25) is 0 Å². The topological polar surface area (TPSA) is 74.4 Å². The molecule has 2 N–H and O–H groups in total. The molecule has 5 nitrogen and oxygen atoms in total. The van der Waals surface area contributed by atoms with E-state index in [0.29, 0.717) is 22.5 Å². The third kappa shape index (κ3) is 1.44. The van der Waals surface area contributed by atoms with Gasteiger partial charge in [-0.15, -0.1) is 0 Å². The maximum absolute atomic E-state index is 11.4. The van der Waals surface area contributed by atoms with E-state index in [9.17, 15) is 4.79 Å². The first-order chi connectivity index (χ1) is 6.83. The van der Waals surface area contributed by atoms with Crippen molar-refractivity contribution >= 4 is 29.7 Å². The van der Waals surface area contributed by atoms with Crippen molar-refractivity contribution in [2.24, 2.45) is 0 Å². The maximum atomic E-state index is 11.4. The standard InChI is InChI=1S/C8H8N4OS/c13-8-6-5(2-1-3-14)11-12-7(6)9-4-10-8/h1-2,4,14H,3H2,(H2,9,10,11,12,13). The van der Waals surface area contributed by atoms with E-state index in [0.717, 1.165) is 0 Å². The molecular formula is C8H8N4OS. The number of rotatable bonds is 2. The summed E-state index contributed by atoms with van der Waals surface area (Å²) in [6, 6.07) is 0. The zero-order valence-electron chi connectivity index (χ0n) is 7.19. The van der Waals surface area contributed by atoms with E-state index in [-0.39, 0.29) is 5.56 Å². The highest BCUT2D eigenvalue weighted by atomic mass is 32.1. The van der Waals surface area contributed by atoms with Crippen LogP contribution in [0.3, 0.4) is 0 Å². The van der Waals surface area contributed by atoms with Gasteiger partial charge < -0.3 is 4.98 Å². The molecule has 0 aliphatic rings. The van der Waals surface area contributed by atoms with E-state index in [4.69, 9.17) is 0 Å². The average molecular weight is 208 g/mol. The van der Waals surface area contributed by atoms with Crippen molar-refractivity contribution in [3.8, 4) is 0 Å². The molecular weight excluding hydrogens is 200 g/mol. The lowest BCUT2D eigenvalue weighted by Gasteiger charge is -1.87. The minimum Gasteiger partial charge on any atom is -0.312 e. The number of hydrogen-bond acceptors (Lipinski definition) is 4. The molecule has 72 valence electrons. The highest BCUT2D eigenvalue weighted by molar-refractivity contribution is 7.80. The van der Waals surface area contributed by atoms with Crippen LogP contribution in [0.4, 0.5) is 0 Å². The third-order valence-electron chi connectivity index (χ3n) is 1.77. The Labute approximate surface area is 84.7 Å². The second-order valence-electron chi connectivity index (χ2n) is 2.65. The van der Waals surface area contributed by atoms with Gasteiger partial charge >= 0.3 is 0 Å². The summed E-state index contributed by atoms with van der Waals surface area (Å²) in [6.45, 7) is 0. The van der Waals surface area contributed by atoms with Gasteiger partial charge in [-0.3, -0.25) is 9.89 Å². The predicted molar refractivity (Wildman–Crippen MR) is 57.4 cm³/mol. The summed E-state index contributed by atoms with van der Waals surface area (Å²) in [5.41, 5.74) is 0.888. The van der Waals surface area contributed by atoms with Crippen LogP contribution in [-0.4, -0.2) is 25.9 Å². The van der Waals surface area contributed by atoms with Crippen molar-refractivity contribution in [2.75, 3.05) is 5.75 Å². The molecule has 0 atom stereocenters. The van der Waals surface area contributed by atoms with Crippen LogP contribution >= 0.6 is 12.6 Å². The van der Waals surface area contributed by atoms with Crippen LogP contribution < -0.4 is 5.56 Å². The summed E-state index contributed by atoms with van der Waals surface area (Å²) in [5, 5.41) is 7.11. The number of nitrogens with zero attached hydrogens (tertiary/aromatic N) is 2. The molecule has 0 fully saturated rings. The molecule has 2 aromatic rings. The molecule has 2 aromatic heterocycles. The second-order valence-corrected chi connectivity index (χ2v) is 3.02. The Bertz CT molecular complexity index is 527. The molecule has 0 bridgehead atoms. The van der Waals surface area contributed by atoms with Crippen molar-refractivity contribution in [1.29, 1.82) is 0 Å². The summed E-state index contributed by atoms with van der Waals surface area (Å²) in [5.74, 6) is 0.610. The van der Waals surface area contributed by atoms with Crippen molar-refractivity contribution in [1.82, 2.24) is 20.2 Å². The molecule has 2 rings (SSSR count). The average Bonchev–Trinajstić information content (AvgIpc) is 2.59. The lowest BCUT2D eigenvalue weighted by Crippen LogP contribution is -2.05. The lowest BCUT2D eigenvalue weighted by atomic mass is 10.3. The van der Waals surface area contributed by atoms with Crippen molar-refractivity contribution in [3.05, 3.63) is 28.5 Å². The van der Waals surface area contributed by atoms with Crippen LogP contribution in [-0.2, 0) is 0 Å². The summed E-state index contributed by atoms with van der Waals surface area (Å²) < 4.78 is 0. The van der Waals surface area contributed by atoms with Gasteiger partial charge in [0.2, 0.25) is 0 Å². The van der Waals surface area contributed by atoms with Crippen molar-refractivity contribution < 1.29 is 0 Å². The molecule has 0 radical (unpaired) electrons. The number of aromatic amines is 2. The lowest BCUT2D eigenvalue weighted by molar-refractivity contribution is 1.08. The van der Waals surface area contributed by atoms with Gasteiger partial charge in [-0.1, -0.05) is 6.08 Å². The van der Waals surface area contributed by atoms with Crippen LogP contribution in [0.15, 0.2) is 17.2 Å². The van der Waals surface area contributed by atoms with Gasteiger partial charge in [-0.2, -0.15) is 17.7 Å². The number of fused-ring (bicyclic) bond motifs is 1. The molecule has 0 aromatic carbocycles. The fourth-order valence-electron chi connectivity index (χ4n) is 1.18. The van der Waals surface area contributed by atoms with Crippen LogP contribution in [0.1, 0.15) is 5.69 Å².